The van der Waals surface area contributed by atoms with Gasteiger partial charge < -0.3 is 10.6 Å². The van der Waals surface area contributed by atoms with E-state index >= 15 is 0 Å². The first kappa shape index (κ1) is 15.4. The van der Waals surface area contributed by atoms with Crippen LogP contribution in [0.5, 0.6) is 0 Å². The molecule has 0 radical (unpaired) electrons. The van der Waals surface area contributed by atoms with Gasteiger partial charge in [0.25, 0.3) is 0 Å². The molecule has 112 valence electrons. The third kappa shape index (κ3) is 4.25. The molecule has 1 saturated carbocycles. The van der Waals surface area contributed by atoms with E-state index in [1.165, 1.54) is 44.2 Å². The largest absolute Gasteiger partial charge is 0.324 e. The predicted octanol–water partition coefficient (Wildman–Crippen LogP) is 3.62. The fraction of sp³-hybridized carbons (Fsp3) is 0.625. The maximum absolute atomic E-state index is 13.2. The van der Waals surface area contributed by atoms with Crippen LogP contribution in [0.2, 0.25) is 0 Å². The van der Waals surface area contributed by atoms with Crippen LogP contribution < -0.4 is 5.73 Å². The standard InChI is InChI=1S/C16H24F2N2/c1-20(15-5-3-2-4-6-15)8-7-16(19)12-9-13(17)11-14(18)10-12/h9-11,15-16H,2-8,19H2,1H3. The first-order valence-corrected chi connectivity index (χ1v) is 7.48. The number of nitrogens with two attached hydrogens (primary N) is 1. The zero-order valence-corrected chi connectivity index (χ0v) is 12.1. The molecule has 1 aliphatic carbocycles. The van der Waals surface area contributed by atoms with Crippen LogP contribution in [0.4, 0.5) is 8.78 Å². The summed E-state index contributed by atoms with van der Waals surface area (Å²) in [4.78, 5) is 2.34. The lowest BCUT2D eigenvalue weighted by Gasteiger charge is -2.31. The van der Waals surface area contributed by atoms with Crippen LogP contribution in [-0.2, 0) is 0 Å². The second-order valence-electron chi connectivity index (χ2n) is 5.87. The Hall–Kier alpha value is -1.00. The van der Waals surface area contributed by atoms with Crippen molar-refractivity contribution in [1.82, 2.24) is 4.90 Å². The highest BCUT2D eigenvalue weighted by molar-refractivity contribution is 5.21. The molecule has 2 nitrogen and oxygen atoms in total. The third-order valence-electron chi connectivity index (χ3n) is 4.30. The predicted molar refractivity (Wildman–Crippen MR) is 77.4 cm³/mol. The number of hydrogen-bond acceptors (Lipinski definition) is 2. The van der Waals surface area contributed by atoms with E-state index in [0.717, 1.165) is 19.0 Å². The summed E-state index contributed by atoms with van der Waals surface area (Å²) in [6.07, 6.45) is 7.16. The van der Waals surface area contributed by atoms with Gasteiger partial charge in [0.2, 0.25) is 0 Å². The molecule has 4 heteroatoms. The van der Waals surface area contributed by atoms with Crippen molar-refractivity contribution >= 4 is 0 Å². The van der Waals surface area contributed by atoms with Gasteiger partial charge in [0.15, 0.2) is 0 Å². The van der Waals surface area contributed by atoms with E-state index in [0.29, 0.717) is 11.6 Å². The quantitative estimate of drug-likeness (QED) is 0.893. The average molecular weight is 282 g/mol. The summed E-state index contributed by atoms with van der Waals surface area (Å²) in [5.41, 5.74) is 6.59. The SMILES string of the molecule is CN(CCC(N)c1cc(F)cc(F)c1)C1CCCCC1. The first-order chi connectivity index (χ1) is 9.56. The molecule has 1 fully saturated rings. The minimum Gasteiger partial charge on any atom is -0.324 e. The fourth-order valence-corrected chi connectivity index (χ4v) is 3.00. The summed E-state index contributed by atoms with van der Waals surface area (Å²) in [7, 11) is 2.12. The molecule has 2 N–H and O–H groups in total. The fourth-order valence-electron chi connectivity index (χ4n) is 3.00. The Morgan fingerprint density at radius 3 is 2.35 bits per heavy atom. The highest BCUT2D eigenvalue weighted by Crippen LogP contribution is 2.23. The maximum Gasteiger partial charge on any atom is 0.126 e. The zero-order valence-electron chi connectivity index (χ0n) is 12.1. The zero-order chi connectivity index (χ0) is 14.5. The summed E-state index contributed by atoms with van der Waals surface area (Å²) in [5, 5.41) is 0. The number of hydrogen-bond donors (Lipinski definition) is 1. The van der Waals surface area contributed by atoms with E-state index in [-0.39, 0.29) is 6.04 Å². The van der Waals surface area contributed by atoms with Crippen molar-refractivity contribution in [3.05, 3.63) is 35.4 Å². The summed E-state index contributed by atoms with van der Waals surface area (Å²) < 4.78 is 26.3. The lowest BCUT2D eigenvalue weighted by atomic mass is 9.94. The normalized spacial score (nSPS) is 18.4. The van der Waals surface area contributed by atoms with Crippen LogP contribution >= 0.6 is 0 Å². The first-order valence-electron chi connectivity index (χ1n) is 7.48. The van der Waals surface area contributed by atoms with Gasteiger partial charge in [-0.25, -0.2) is 8.78 Å². The lowest BCUT2D eigenvalue weighted by Crippen LogP contribution is -2.35. The van der Waals surface area contributed by atoms with Gasteiger partial charge in [-0.3, -0.25) is 0 Å². The molecule has 0 saturated heterocycles. The molecule has 1 aromatic carbocycles. The second-order valence-corrected chi connectivity index (χ2v) is 5.87. The van der Waals surface area contributed by atoms with Crippen molar-refractivity contribution in [2.75, 3.05) is 13.6 Å². The molecule has 1 atom stereocenters. The third-order valence-corrected chi connectivity index (χ3v) is 4.30. The smallest absolute Gasteiger partial charge is 0.126 e. The van der Waals surface area contributed by atoms with Crippen molar-refractivity contribution < 1.29 is 8.78 Å². The molecule has 1 aromatic rings. The number of benzene rings is 1. The Bertz CT molecular complexity index is 410. The van der Waals surface area contributed by atoms with Gasteiger partial charge in [-0.15, -0.1) is 0 Å². The van der Waals surface area contributed by atoms with Crippen LogP contribution in [-0.4, -0.2) is 24.5 Å². The van der Waals surface area contributed by atoms with Gasteiger partial charge in [-0.2, -0.15) is 0 Å². The molecule has 2 rings (SSSR count). The lowest BCUT2D eigenvalue weighted by molar-refractivity contribution is 0.186. The van der Waals surface area contributed by atoms with E-state index in [1.54, 1.807) is 0 Å². The van der Waals surface area contributed by atoms with Gasteiger partial charge in [-0.1, -0.05) is 19.3 Å². The molecule has 0 aromatic heterocycles. The summed E-state index contributed by atoms with van der Waals surface area (Å²) in [6, 6.07) is 3.86. The van der Waals surface area contributed by atoms with Gasteiger partial charge in [0.05, 0.1) is 0 Å². The minimum absolute atomic E-state index is 0.314. The van der Waals surface area contributed by atoms with Crippen molar-refractivity contribution in [1.29, 1.82) is 0 Å². The Labute approximate surface area is 120 Å². The number of nitrogens with zero attached hydrogens (tertiary/aromatic N) is 1. The van der Waals surface area contributed by atoms with E-state index in [9.17, 15) is 8.78 Å². The van der Waals surface area contributed by atoms with Crippen molar-refractivity contribution in [2.24, 2.45) is 5.73 Å². The summed E-state index contributed by atoms with van der Waals surface area (Å²) in [6.45, 7) is 0.865. The van der Waals surface area contributed by atoms with Crippen LogP contribution in [0.15, 0.2) is 18.2 Å². The molecule has 0 bridgehead atoms. The monoisotopic (exact) mass is 282 g/mol. The molecule has 0 amide bonds. The van der Waals surface area contributed by atoms with E-state index in [2.05, 4.69) is 11.9 Å². The Balaban J connectivity index is 1.86. The van der Waals surface area contributed by atoms with Crippen LogP contribution in [0.25, 0.3) is 0 Å². The van der Waals surface area contributed by atoms with Crippen molar-refractivity contribution in [2.45, 2.75) is 50.6 Å². The number of rotatable bonds is 5. The highest BCUT2D eigenvalue weighted by atomic mass is 19.1. The highest BCUT2D eigenvalue weighted by Gasteiger charge is 2.18. The van der Waals surface area contributed by atoms with E-state index < -0.39 is 11.6 Å². The average Bonchev–Trinajstić information content (AvgIpc) is 2.44. The molecular weight excluding hydrogens is 258 g/mol. The van der Waals surface area contributed by atoms with E-state index in [4.69, 9.17) is 5.73 Å². The maximum atomic E-state index is 13.2. The molecule has 1 aliphatic rings. The molecule has 0 aliphatic heterocycles. The summed E-state index contributed by atoms with van der Waals surface area (Å²) >= 11 is 0. The number of halogens is 2. The van der Waals surface area contributed by atoms with Crippen molar-refractivity contribution in [3.63, 3.8) is 0 Å². The topological polar surface area (TPSA) is 29.3 Å². The van der Waals surface area contributed by atoms with Gasteiger partial charge >= 0.3 is 0 Å². The Morgan fingerprint density at radius 2 is 1.75 bits per heavy atom. The second kappa shape index (κ2) is 7.14. The minimum atomic E-state index is -0.559. The molecular formula is C16H24F2N2. The Kier molecular flexibility index (Phi) is 5.49. The Morgan fingerprint density at radius 1 is 1.15 bits per heavy atom. The van der Waals surface area contributed by atoms with Crippen LogP contribution in [0, 0.1) is 11.6 Å². The van der Waals surface area contributed by atoms with Gasteiger partial charge in [-0.05, 0) is 50.6 Å². The van der Waals surface area contributed by atoms with Gasteiger partial charge in [0, 0.05) is 18.2 Å². The molecule has 20 heavy (non-hydrogen) atoms. The van der Waals surface area contributed by atoms with Crippen LogP contribution in [0.3, 0.4) is 0 Å². The van der Waals surface area contributed by atoms with Crippen LogP contribution in [0.1, 0.15) is 50.1 Å². The van der Waals surface area contributed by atoms with Crippen molar-refractivity contribution in [3.8, 4) is 0 Å². The van der Waals surface area contributed by atoms with E-state index in [1.807, 2.05) is 0 Å². The van der Waals surface area contributed by atoms with Gasteiger partial charge in [0.1, 0.15) is 11.6 Å². The summed E-state index contributed by atoms with van der Waals surface area (Å²) in [5.74, 6) is -1.12. The molecule has 1 unspecified atom stereocenters. The molecule has 0 heterocycles. The molecule has 0 spiro atoms.